The fraction of sp³-hybridized carbons (Fsp3) is 0.625. The SMILES string of the molecule is NCC#Cc1csc(CN2CCN3CCCCC3C2)c1. The third kappa shape index (κ3) is 3.42. The molecule has 1 aromatic heterocycles. The predicted octanol–water partition coefficient (Wildman–Crippen LogP) is 1.73. The molecule has 3 heterocycles. The highest BCUT2D eigenvalue weighted by atomic mass is 32.1. The van der Waals surface area contributed by atoms with Crippen molar-refractivity contribution in [1.82, 2.24) is 9.80 Å². The van der Waals surface area contributed by atoms with Crippen LogP contribution in [-0.2, 0) is 6.54 Å². The summed E-state index contributed by atoms with van der Waals surface area (Å²) in [6, 6.07) is 3.02. The van der Waals surface area contributed by atoms with Crippen LogP contribution in [0.4, 0.5) is 0 Å². The molecule has 4 heteroatoms. The van der Waals surface area contributed by atoms with Gasteiger partial charge in [0.15, 0.2) is 0 Å². The Bertz CT molecular complexity index is 499. The average molecular weight is 289 g/mol. The fourth-order valence-corrected chi connectivity index (χ4v) is 4.12. The fourth-order valence-electron chi connectivity index (χ4n) is 3.27. The Kier molecular flexibility index (Phi) is 4.74. The van der Waals surface area contributed by atoms with Gasteiger partial charge >= 0.3 is 0 Å². The minimum absolute atomic E-state index is 0.439. The molecule has 1 atom stereocenters. The normalized spacial score (nSPS) is 23.9. The minimum Gasteiger partial charge on any atom is -0.320 e. The summed E-state index contributed by atoms with van der Waals surface area (Å²) >= 11 is 1.82. The molecule has 2 aliphatic heterocycles. The predicted molar refractivity (Wildman–Crippen MR) is 84.7 cm³/mol. The summed E-state index contributed by atoms with van der Waals surface area (Å²) < 4.78 is 0. The number of hydrogen-bond acceptors (Lipinski definition) is 4. The minimum atomic E-state index is 0.439. The van der Waals surface area contributed by atoms with Gasteiger partial charge in [-0.3, -0.25) is 9.80 Å². The molecule has 0 spiro atoms. The highest BCUT2D eigenvalue weighted by Gasteiger charge is 2.28. The van der Waals surface area contributed by atoms with Gasteiger partial charge in [0.25, 0.3) is 0 Å². The first-order valence-electron chi connectivity index (χ1n) is 7.58. The van der Waals surface area contributed by atoms with Gasteiger partial charge in [-0.05, 0) is 25.5 Å². The average Bonchev–Trinajstić information content (AvgIpc) is 2.92. The van der Waals surface area contributed by atoms with Crippen molar-refractivity contribution in [3.8, 4) is 11.8 Å². The van der Waals surface area contributed by atoms with E-state index in [0.29, 0.717) is 6.54 Å². The summed E-state index contributed by atoms with van der Waals surface area (Å²) in [5.41, 5.74) is 6.53. The van der Waals surface area contributed by atoms with Crippen molar-refractivity contribution >= 4 is 11.3 Å². The molecule has 0 aromatic carbocycles. The Morgan fingerprint density at radius 1 is 1.30 bits per heavy atom. The number of fused-ring (bicyclic) bond motifs is 1. The van der Waals surface area contributed by atoms with E-state index in [1.165, 1.54) is 50.3 Å². The smallest absolute Gasteiger partial charge is 0.0555 e. The van der Waals surface area contributed by atoms with Crippen LogP contribution in [0.2, 0.25) is 0 Å². The van der Waals surface area contributed by atoms with Gasteiger partial charge in [0.1, 0.15) is 0 Å². The lowest BCUT2D eigenvalue weighted by atomic mass is 9.99. The lowest BCUT2D eigenvalue weighted by molar-refractivity contribution is 0.0461. The van der Waals surface area contributed by atoms with Crippen molar-refractivity contribution in [2.45, 2.75) is 31.8 Å². The summed E-state index contributed by atoms with van der Waals surface area (Å²) in [4.78, 5) is 6.72. The third-order valence-corrected chi connectivity index (χ3v) is 5.21. The number of piperidine rings is 1. The van der Waals surface area contributed by atoms with Gasteiger partial charge in [0, 0.05) is 48.0 Å². The first-order valence-corrected chi connectivity index (χ1v) is 8.46. The number of rotatable bonds is 2. The number of thiophene rings is 1. The van der Waals surface area contributed by atoms with E-state index in [-0.39, 0.29) is 0 Å². The molecule has 1 aromatic rings. The number of nitrogens with two attached hydrogens (primary N) is 1. The van der Waals surface area contributed by atoms with Crippen molar-refractivity contribution in [1.29, 1.82) is 0 Å². The summed E-state index contributed by atoms with van der Waals surface area (Å²) in [7, 11) is 0. The van der Waals surface area contributed by atoms with Gasteiger partial charge in [-0.15, -0.1) is 11.3 Å². The number of piperazine rings is 1. The Morgan fingerprint density at radius 3 is 3.15 bits per heavy atom. The van der Waals surface area contributed by atoms with E-state index in [2.05, 4.69) is 33.1 Å². The Hall–Kier alpha value is -0.860. The second kappa shape index (κ2) is 6.73. The van der Waals surface area contributed by atoms with Crippen molar-refractivity contribution in [3.05, 3.63) is 21.9 Å². The molecule has 3 nitrogen and oxygen atoms in total. The van der Waals surface area contributed by atoms with Crippen LogP contribution in [0, 0.1) is 11.8 Å². The van der Waals surface area contributed by atoms with Crippen molar-refractivity contribution < 1.29 is 0 Å². The van der Waals surface area contributed by atoms with E-state index in [1.54, 1.807) is 0 Å². The molecule has 0 bridgehead atoms. The maximum atomic E-state index is 5.41. The van der Waals surface area contributed by atoms with Crippen molar-refractivity contribution in [2.24, 2.45) is 5.73 Å². The van der Waals surface area contributed by atoms with Crippen LogP contribution in [0.25, 0.3) is 0 Å². The van der Waals surface area contributed by atoms with E-state index >= 15 is 0 Å². The van der Waals surface area contributed by atoms with Crippen LogP contribution in [0.1, 0.15) is 29.7 Å². The highest BCUT2D eigenvalue weighted by molar-refractivity contribution is 7.10. The Morgan fingerprint density at radius 2 is 2.25 bits per heavy atom. The lowest BCUT2D eigenvalue weighted by Gasteiger charge is -2.44. The molecule has 1 unspecified atom stereocenters. The molecule has 0 amide bonds. The maximum Gasteiger partial charge on any atom is 0.0555 e. The monoisotopic (exact) mass is 289 g/mol. The molecule has 20 heavy (non-hydrogen) atoms. The topological polar surface area (TPSA) is 32.5 Å². The maximum absolute atomic E-state index is 5.41. The molecule has 2 fully saturated rings. The highest BCUT2D eigenvalue weighted by Crippen LogP contribution is 2.23. The molecule has 108 valence electrons. The van der Waals surface area contributed by atoms with Gasteiger partial charge < -0.3 is 5.73 Å². The molecule has 0 saturated carbocycles. The molecular weight excluding hydrogens is 266 g/mol. The standard InChI is InChI=1S/C16H23N3S/c17-6-3-4-14-10-16(20-13-14)12-18-8-9-19-7-2-1-5-15(19)11-18/h10,13,15H,1-2,5-9,11-12,17H2. The van der Waals surface area contributed by atoms with Crippen molar-refractivity contribution in [2.75, 3.05) is 32.7 Å². The van der Waals surface area contributed by atoms with E-state index < -0.39 is 0 Å². The van der Waals surface area contributed by atoms with Crippen LogP contribution >= 0.6 is 11.3 Å². The number of hydrogen-bond donors (Lipinski definition) is 1. The second-order valence-corrected chi connectivity index (χ2v) is 6.72. The summed E-state index contributed by atoms with van der Waals surface area (Å²) in [5.74, 6) is 6.04. The largest absolute Gasteiger partial charge is 0.320 e. The zero-order valence-corrected chi connectivity index (χ0v) is 12.8. The summed E-state index contributed by atoms with van der Waals surface area (Å²) in [6.07, 6.45) is 4.19. The molecule has 2 aliphatic rings. The Balaban J connectivity index is 1.56. The van der Waals surface area contributed by atoms with Crippen LogP contribution in [0.15, 0.2) is 11.4 Å². The zero-order chi connectivity index (χ0) is 13.8. The molecule has 2 saturated heterocycles. The summed E-state index contributed by atoms with van der Waals surface area (Å²) in [6.45, 7) is 6.53. The molecule has 0 radical (unpaired) electrons. The first kappa shape index (κ1) is 14.1. The lowest BCUT2D eigenvalue weighted by Crippen LogP contribution is -2.54. The van der Waals surface area contributed by atoms with Gasteiger partial charge in [-0.25, -0.2) is 0 Å². The number of nitrogens with zero attached hydrogens (tertiary/aromatic N) is 2. The first-order chi connectivity index (χ1) is 9.85. The van der Waals surface area contributed by atoms with Gasteiger partial charge in [0.2, 0.25) is 0 Å². The van der Waals surface area contributed by atoms with E-state index in [4.69, 9.17) is 5.73 Å². The Labute approximate surface area is 125 Å². The van der Waals surface area contributed by atoms with Gasteiger partial charge in [-0.2, -0.15) is 0 Å². The van der Waals surface area contributed by atoms with Crippen LogP contribution < -0.4 is 5.73 Å². The van der Waals surface area contributed by atoms with Gasteiger partial charge in [0.05, 0.1) is 6.54 Å². The molecule has 0 aliphatic carbocycles. The van der Waals surface area contributed by atoms with Gasteiger partial charge in [-0.1, -0.05) is 18.3 Å². The van der Waals surface area contributed by atoms with Crippen molar-refractivity contribution in [3.63, 3.8) is 0 Å². The zero-order valence-electron chi connectivity index (χ0n) is 12.0. The van der Waals surface area contributed by atoms with E-state index in [0.717, 1.165) is 18.2 Å². The molecule has 3 rings (SSSR count). The van der Waals surface area contributed by atoms with Crippen LogP contribution in [0.3, 0.4) is 0 Å². The summed E-state index contributed by atoms with van der Waals surface area (Å²) in [5, 5.41) is 2.15. The molecule has 2 N–H and O–H groups in total. The van der Waals surface area contributed by atoms with E-state index in [1.807, 2.05) is 11.3 Å². The third-order valence-electron chi connectivity index (χ3n) is 4.29. The van der Waals surface area contributed by atoms with Crippen LogP contribution in [0.5, 0.6) is 0 Å². The second-order valence-electron chi connectivity index (χ2n) is 5.73. The van der Waals surface area contributed by atoms with Crippen LogP contribution in [-0.4, -0.2) is 48.6 Å². The van der Waals surface area contributed by atoms with E-state index in [9.17, 15) is 0 Å². The molecular formula is C16H23N3S. The quantitative estimate of drug-likeness (QED) is 0.842.